The molecule has 2 aromatic heterocycles. The third-order valence-corrected chi connectivity index (χ3v) is 4.21. The van der Waals surface area contributed by atoms with Crippen molar-refractivity contribution in [2.45, 2.75) is 19.4 Å². The summed E-state index contributed by atoms with van der Waals surface area (Å²) in [5.41, 5.74) is 2.62. The van der Waals surface area contributed by atoms with Gasteiger partial charge in [-0.05, 0) is 18.9 Å². The Labute approximate surface area is 120 Å². The number of para-hydroxylation sites is 1. The minimum Gasteiger partial charge on any atom is -0.465 e. The van der Waals surface area contributed by atoms with Crippen LogP contribution in [-0.2, 0) is 17.7 Å². The summed E-state index contributed by atoms with van der Waals surface area (Å²) in [5, 5.41) is 1.58. The molecule has 1 aliphatic rings. The van der Waals surface area contributed by atoms with E-state index in [0.717, 1.165) is 29.4 Å². The average Bonchev–Trinajstić information content (AvgIpc) is 3.12. The molecule has 0 saturated heterocycles. The smallest absolute Gasteiger partial charge is 0.340 e. The number of aromatic amines is 1. The fourth-order valence-electron chi connectivity index (χ4n) is 3.32. The van der Waals surface area contributed by atoms with Gasteiger partial charge in [0.2, 0.25) is 0 Å². The lowest BCUT2D eigenvalue weighted by Crippen LogP contribution is -2.23. The third kappa shape index (κ3) is 1.51. The van der Waals surface area contributed by atoms with E-state index in [2.05, 4.69) is 4.98 Å². The number of nitrogens with one attached hydrogen (secondary N) is 1. The molecule has 4 rings (SSSR count). The van der Waals surface area contributed by atoms with Gasteiger partial charge in [-0.25, -0.2) is 4.79 Å². The van der Waals surface area contributed by atoms with Crippen LogP contribution in [0.1, 0.15) is 22.5 Å². The number of rotatable bonds is 1. The quantitative estimate of drug-likeness (QED) is 0.696. The molecule has 0 bridgehead atoms. The number of esters is 1. The summed E-state index contributed by atoms with van der Waals surface area (Å²) >= 11 is 0. The van der Waals surface area contributed by atoms with Crippen molar-refractivity contribution < 1.29 is 9.53 Å². The summed E-state index contributed by atoms with van der Waals surface area (Å²) in [4.78, 5) is 28.1. The second kappa shape index (κ2) is 4.22. The molecule has 0 radical (unpaired) electrons. The molecule has 106 valence electrons. The van der Waals surface area contributed by atoms with Gasteiger partial charge in [0.15, 0.2) is 0 Å². The standard InChI is InChI=1S/C16H14N2O3/c1-21-16(20)13-11-7-4-8-18(11)15(19)14-12(13)9-5-2-3-6-10(9)17-14/h2-3,5-6,17H,4,7-8H2,1H3. The zero-order chi connectivity index (χ0) is 14.6. The Balaban J connectivity index is 2.29. The first-order valence-electron chi connectivity index (χ1n) is 6.96. The third-order valence-electron chi connectivity index (χ3n) is 4.21. The summed E-state index contributed by atoms with van der Waals surface area (Å²) in [6.07, 6.45) is 1.61. The molecule has 5 heteroatoms. The first-order chi connectivity index (χ1) is 10.2. The Morgan fingerprint density at radius 1 is 1.33 bits per heavy atom. The molecule has 21 heavy (non-hydrogen) atoms. The van der Waals surface area contributed by atoms with E-state index in [1.165, 1.54) is 7.11 Å². The summed E-state index contributed by atoms with van der Waals surface area (Å²) in [6.45, 7) is 0.656. The minimum atomic E-state index is -0.379. The molecule has 0 saturated carbocycles. The molecule has 0 unspecified atom stereocenters. The second-order valence-corrected chi connectivity index (χ2v) is 5.29. The van der Waals surface area contributed by atoms with Crippen molar-refractivity contribution in [1.82, 2.24) is 9.55 Å². The molecule has 1 aromatic carbocycles. The molecule has 0 spiro atoms. The van der Waals surface area contributed by atoms with Crippen molar-refractivity contribution in [1.29, 1.82) is 0 Å². The van der Waals surface area contributed by atoms with Crippen LogP contribution < -0.4 is 5.56 Å². The van der Waals surface area contributed by atoms with Crippen molar-refractivity contribution in [3.63, 3.8) is 0 Å². The molecule has 0 aliphatic carbocycles. The highest BCUT2D eigenvalue weighted by molar-refractivity contribution is 6.16. The van der Waals surface area contributed by atoms with Gasteiger partial charge in [-0.15, -0.1) is 0 Å². The van der Waals surface area contributed by atoms with Crippen LogP contribution in [0.4, 0.5) is 0 Å². The summed E-state index contributed by atoms with van der Waals surface area (Å²) in [6, 6.07) is 7.64. The van der Waals surface area contributed by atoms with Crippen molar-refractivity contribution >= 4 is 27.8 Å². The predicted molar refractivity (Wildman–Crippen MR) is 79.7 cm³/mol. The summed E-state index contributed by atoms with van der Waals surface area (Å²) < 4.78 is 6.66. The number of benzene rings is 1. The number of aromatic nitrogens is 2. The van der Waals surface area contributed by atoms with E-state index in [4.69, 9.17) is 4.74 Å². The van der Waals surface area contributed by atoms with Gasteiger partial charge in [-0.3, -0.25) is 4.79 Å². The Hall–Kier alpha value is -2.56. The van der Waals surface area contributed by atoms with Gasteiger partial charge in [0.05, 0.1) is 12.7 Å². The van der Waals surface area contributed by atoms with Gasteiger partial charge in [0, 0.05) is 28.5 Å². The number of hydrogen-bond donors (Lipinski definition) is 1. The lowest BCUT2D eigenvalue weighted by molar-refractivity contribution is 0.0601. The number of carbonyl (C=O) groups is 1. The maximum atomic E-state index is 12.6. The molecule has 3 heterocycles. The number of ether oxygens (including phenoxy) is 1. The van der Waals surface area contributed by atoms with Crippen molar-refractivity contribution in [3.05, 3.63) is 45.9 Å². The van der Waals surface area contributed by atoms with E-state index in [9.17, 15) is 9.59 Å². The number of methoxy groups -OCH3 is 1. The zero-order valence-electron chi connectivity index (χ0n) is 11.6. The molecule has 3 aromatic rings. The van der Waals surface area contributed by atoms with Crippen molar-refractivity contribution in [3.8, 4) is 0 Å². The number of fused-ring (bicyclic) bond motifs is 4. The Morgan fingerprint density at radius 3 is 2.95 bits per heavy atom. The van der Waals surface area contributed by atoms with Crippen LogP contribution in [0.25, 0.3) is 21.8 Å². The lowest BCUT2D eigenvalue weighted by atomic mass is 10.0. The van der Waals surface area contributed by atoms with E-state index >= 15 is 0 Å². The van der Waals surface area contributed by atoms with E-state index in [-0.39, 0.29) is 11.5 Å². The number of hydrogen-bond acceptors (Lipinski definition) is 3. The monoisotopic (exact) mass is 282 g/mol. The molecule has 0 fully saturated rings. The van der Waals surface area contributed by atoms with Gasteiger partial charge in [0.1, 0.15) is 5.52 Å². The normalized spacial score (nSPS) is 13.8. The molecule has 0 atom stereocenters. The van der Waals surface area contributed by atoms with E-state index in [1.807, 2.05) is 24.3 Å². The highest BCUT2D eigenvalue weighted by Gasteiger charge is 2.27. The lowest BCUT2D eigenvalue weighted by Gasteiger charge is -2.10. The number of pyridine rings is 1. The first-order valence-corrected chi connectivity index (χ1v) is 6.96. The van der Waals surface area contributed by atoms with Crippen molar-refractivity contribution in [2.75, 3.05) is 7.11 Å². The van der Waals surface area contributed by atoms with Crippen LogP contribution in [0.5, 0.6) is 0 Å². The highest BCUT2D eigenvalue weighted by atomic mass is 16.5. The van der Waals surface area contributed by atoms with Gasteiger partial charge in [-0.1, -0.05) is 18.2 Å². The van der Waals surface area contributed by atoms with Crippen LogP contribution in [-0.4, -0.2) is 22.6 Å². The predicted octanol–water partition coefficient (Wildman–Crippen LogP) is 2.22. The molecule has 0 amide bonds. The number of carbonyl (C=O) groups excluding carboxylic acids is 1. The Morgan fingerprint density at radius 2 is 2.14 bits per heavy atom. The molecular weight excluding hydrogens is 268 g/mol. The maximum Gasteiger partial charge on any atom is 0.340 e. The average molecular weight is 282 g/mol. The van der Waals surface area contributed by atoms with E-state index < -0.39 is 0 Å². The van der Waals surface area contributed by atoms with Crippen LogP contribution in [0.15, 0.2) is 29.1 Å². The topological polar surface area (TPSA) is 64.1 Å². The molecule has 1 N–H and O–H groups in total. The summed E-state index contributed by atoms with van der Waals surface area (Å²) in [7, 11) is 1.38. The van der Waals surface area contributed by atoms with Gasteiger partial charge < -0.3 is 14.3 Å². The van der Waals surface area contributed by atoms with Gasteiger partial charge in [0.25, 0.3) is 5.56 Å². The molecular formula is C16H14N2O3. The first kappa shape index (κ1) is 12.2. The SMILES string of the molecule is COC(=O)c1c2n(c(=O)c3[nH]c4ccccc4c13)CCC2. The van der Waals surface area contributed by atoms with Gasteiger partial charge >= 0.3 is 5.97 Å². The highest BCUT2D eigenvalue weighted by Crippen LogP contribution is 2.31. The minimum absolute atomic E-state index is 0.0543. The Bertz CT molecular complexity index is 949. The second-order valence-electron chi connectivity index (χ2n) is 5.29. The van der Waals surface area contributed by atoms with E-state index in [0.29, 0.717) is 23.0 Å². The number of nitrogens with zero attached hydrogens (tertiary/aromatic N) is 1. The molecule has 1 aliphatic heterocycles. The zero-order valence-corrected chi connectivity index (χ0v) is 11.6. The van der Waals surface area contributed by atoms with Crippen LogP contribution >= 0.6 is 0 Å². The van der Waals surface area contributed by atoms with Crippen LogP contribution in [0, 0.1) is 0 Å². The largest absolute Gasteiger partial charge is 0.465 e. The molecule has 5 nitrogen and oxygen atoms in total. The summed E-state index contributed by atoms with van der Waals surface area (Å²) in [5.74, 6) is -0.379. The number of H-pyrrole nitrogens is 1. The maximum absolute atomic E-state index is 12.6. The fourth-order valence-corrected chi connectivity index (χ4v) is 3.32. The van der Waals surface area contributed by atoms with Gasteiger partial charge in [-0.2, -0.15) is 0 Å². The van der Waals surface area contributed by atoms with Crippen LogP contribution in [0.3, 0.4) is 0 Å². The van der Waals surface area contributed by atoms with E-state index in [1.54, 1.807) is 4.57 Å². The fraction of sp³-hybridized carbons (Fsp3) is 0.250. The Kier molecular flexibility index (Phi) is 2.45. The van der Waals surface area contributed by atoms with Crippen LogP contribution in [0.2, 0.25) is 0 Å². The van der Waals surface area contributed by atoms with Crippen molar-refractivity contribution in [2.24, 2.45) is 0 Å².